The number of hydrogen-bond acceptors (Lipinski definition) is 5. The van der Waals surface area contributed by atoms with Crippen LogP contribution in [0.1, 0.15) is 54.1 Å². The van der Waals surface area contributed by atoms with Crippen LogP contribution < -0.4 is 11.1 Å². The van der Waals surface area contributed by atoms with Gasteiger partial charge in [0, 0.05) is 48.7 Å². The van der Waals surface area contributed by atoms with Gasteiger partial charge in [-0.3, -0.25) is 9.69 Å². The molecule has 0 saturated carbocycles. The van der Waals surface area contributed by atoms with Crippen molar-refractivity contribution < 1.29 is 9.59 Å². The van der Waals surface area contributed by atoms with Crippen molar-refractivity contribution >= 4 is 17.8 Å². The number of aromatic nitrogens is 2. The van der Waals surface area contributed by atoms with E-state index in [1.807, 2.05) is 30.9 Å². The van der Waals surface area contributed by atoms with Crippen LogP contribution in [0.3, 0.4) is 0 Å². The molecule has 8 nitrogen and oxygen atoms in total. The fourth-order valence-electron chi connectivity index (χ4n) is 5.04. The number of piperidine rings is 1. The van der Waals surface area contributed by atoms with Crippen LogP contribution in [0.4, 0.5) is 10.6 Å². The second-order valence-corrected chi connectivity index (χ2v) is 9.08. The smallest absolute Gasteiger partial charge is 0.344 e. The number of hydrogen-bond donors (Lipinski definition) is 2. The van der Waals surface area contributed by atoms with Crippen molar-refractivity contribution in [2.24, 2.45) is 5.73 Å². The SMILES string of the molecule is C=C(C)Nc1ccn(C(=O)N2CCC3(CCCN3Cc3ccc(C)c(C(N)=O)c3)CC2)n1. The van der Waals surface area contributed by atoms with E-state index in [0.717, 1.165) is 55.6 Å². The molecule has 0 bridgehead atoms. The lowest BCUT2D eigenvalue weighted by molar-refractivity contribution is 0.0585. The average molecular weight is 437 g/mol. The summed E-state index contributed by atoms with van der Waals surface area (Å²) in [5.41, 5.74) is 9.03. The van der Waals surface area contributed by atoms with Gasteiger partial charge in [0.15, 0.2) is 5.82 Å². The molecule has 1 aromatic heterocycles. The van der Waals surface area contributed by atoms with E-state index in [1.54, 1.807) is 12.3 Å². The maximum Gasteiger partial charge on any atom is 0.344 e. The molecule has 170 valence electrons. The van der Waals surface area contributed by atoms with E-state index in [9.17, 15) is 9.59 Å². The summed E-state index contributed by atoms with van der Waals surface area (Å²) in [4.78, 5) is 29.1. The van der Waals surface area contributed by atoms with Crippen molar-refractivity contribution in [2.75, 3.05) is 25.0 Å². The van der Waals surface area contributed by atoms with Gasteiger partial charge in [0.2, 0.25) is 5.91 Å². The van der Waals surface area contributed by atoms with Crippen LogP contribution in [0.5, 0.6) is 0 Å². The zero-order chi connectivity index (χ0) is 22.9. The number of allylic oxidation sites excluding steroid dienone is 1. The second kappa shape index (κ2) is 8.78. The fourth-order valence-corrected chi connectivity index (χ4v) is 5.04. The first-order valence-electron chi connectivity index (χ1n) is 11.2. The van der Waals surface area contributed by atoms with Crippen LogP contribution in [-0.2, 0) is 6.54 Å². The van der Waals surface area contributed by atoms with Gasteiger partial charge in [-0.2, -0.15) is 4.68 Å². The fraction of sp³-hybridized carbons (Fsp3) is 0.458. The first-order chi connectivity index (χ1) is 15.3. The lowest BCUT2D eigenvalue weighted by Gasteiger charge is -2.45. The lowest BCUT2D eigenvalue weighted by Crippen LogP contribution is -2.53. The first-order valence-corrected chi connectivity index (χ1v) is 11.2. The molecule has 2 aliphatic heterocycles. The minimum Gasteiger partial charge on any atom is -0.366 e. The number of rotatable bonds is 5. The largest absolute Gasteiger partial charge is 0.366 e. The number of primary amides is 1. The predicted molar refractivity (Wildman–Crippen MR) is 124 cm³/mol. The third-order valence-electron chi connectivity index (χ3n) is 6.77. The molecule has 2 aliphatic rings. The van der Waals surface area contributed by atoms with Crippen LogP contribution in [0, 0.1) is 6.92 Å². The number of likely N-dealkylation sites (tertiary alicyclic amines) is 2. The van der Waals surface area contributed by atoms with Gasteiger partial charge in [0.05, 0.1) is 0 Å². The van der Waals surface area contributed by atoms with Crippen LogP contribution in [0.25, 0.3) is 0 Å². The van der Waals surface area contributed by atoms with Gasteiger partial charge in [-0.05, 0) is 63.3 Å². The number of nitrogens with two attached hydrogens (primary N) is 1. The van der Waals surface area contributed by atoms with Crippen LogP contribution in [-0.4, -0.2) is 56.7 Å². The summed E-state index contributed by atoms with van der Waals surface area (Å²) in [6, 6.07) is 7.67. The van der Waals surface area contributed by atoms with E-state index in [4.69, 9.17) is 5.73 Å². The molecule has 1 spiro atoms. The van der Waals surface area contributed by atoms with Crippen LogP contribution in [0.15, 0.2) is 42.7 Å². The molecule has 3 N–H and O–H groups in total. The predicted octanol–water partition coefficient (Wildman–Crippen LogP) is 3.33. The van der Waals surface area contributed by atoms with E-state index in [0.29, 0.717) is 24.5 Å². The minimum absolute atomic E-state index is 0.0937. The van der Waals surface area contributed by atoms with Gasteiger partial charge in [0.25, 0.3) is 0 Å². The summed E-state index contributed by atoms with van der Waals surface area (Å²) in [7, 11) is 0. The Kier molecular flexibility index (Phi) is 6.06. The molecule has 0 atom stereocenters. The van der Waals surface area contributed by atoms with Gasteiger partial charge >= 0.3 is 6.03 Å². The Hall–Kier alpha value is -3.13. The normalized spacial score (nSPS) is 18.1. The summed E-state index contributed by atoms with van der Waals surface area (Å²) >= 11 is 0. The molecule has 1 aromatic carbocycles. The summed E-state index contributed by atoms with van der Waals surface area (Å²) in [5.74, 6) is 0.238. The highest BCUT2D eigenvalue weighted by Gasteiger charge is 2.43. The van der Waals surface area contributed by atoms with E-state index in [2.05, 4.69) is 28.0 Å². The Morgan fingerprint density at radius 3 is 2.62 bits per heavy atom. The van der Waals surface area contributed by atoms with Crippen molar-refractivity contribution in [3.63, 3.8) is 0 Å². The molecule has 32 heavy (non-hydrogen) atoms. The monoisotopic (exact) mass is 436 g/mol. The molecule has 0 unspecified atom stereocenters. The molecule has 2 amide bonds. The number of anilines is 1. The molecule has 2 fully saturated rings. The molecule has 8 heteroatoms. The molecule has 4 rings (SSSR count). The van der Waals surface area contributed by atoms with Crippen molar-refractivity contribution in [1.29, 1.82) is 0 Å². The standard InChI is InChI=1S/C24H32N6O2/c1-17(2)26-21-7-12-30(27-21)23(32)28-13-9-24(10-14-28)8-4-11-29(24)16-19-6-5-18(3)20(15-19)22(25)31/h5-7,12,15H,1,4,8-11,13-14,16H2,2-3H3,(H2,25,31)(H,26,27). The lowest BCUT2D eigenvalue weighted by atomic mass is 9.84. The Balaban J connectivity index is 1.41. The molecule has 0 radical (unpaired) electrons. The number of amides is 2. The van der Waals surface area contributed by atoms with Crippen molar-refractivity contribution in [3.8, 4) is 0 Å². The van der Waals surface area contributed by atoms with Crippen molar-refractivity contribution in [1.82, 2.24) is 19.6 Å². The summed E-state index contributed by atoms with van der Waals surface area (Å²) in [6.07, 6.45) is 5.85. The van der Waals surface area contributed by atoms with Crippen molar-refractivity contribution in [3.05, 3.63) is 59.4 Å². The quantitative estimate of drug-likeness (QED) is 0.749. The minimum atomic E-state index is -0.382. The van der Waals surface area contributed by atoms with Crippen LogP contribution in [0.2, 0.25) is 0 Å². The highest BCUT2D eigenvalue weighted by Crippen LogP contribution is 2.39. The molecule has 2 saturated heterocycles. The summed E-state index contributed by atoms with van der Waals surface area (Å²) < 4.78 is 1.40. The number of nitrogens with one attached hydrogen (secondary N) is 1. The average Bonchev–Trinajstić information content (AvgIpc) is 3.36. The summed E-state index contributed by atoms with van der Waals surface area (Å²) in [5, 5.41) is 7.35. The third kappa shape index (κ3) is 4.41. The maximum absolute atomic E-state index is 12.9. The van der Waals surface area contributed by atoms with Crippen LogP contribution >= 0.6 is 0 Å². The molecular weight excluding hydrogens is 404 g/mol. The molecule has 2 aromatic rings. The number of carbonyl (C=O) groups is 2. The van der Waals surface area contributed by atoms with Gasteiger partial charge in [-0.25, -0.2) is 4.79 Å². The zero-order valence-corrected chi connectivity index (χ0v) is 18.9. The number of aryl methyl sites for hydroxylation is 1. The van der Waals surface area contributed by atoms with Gasteiger partial charge in [-0.1, -0.05) is 18.7 Å². The zero-order valence-electron chi connectivity index (χ0n) is 18.9. The first kappa shape index (κ1) is 22.1. The maximum atomic E-state index is 12.9. The highest BCUT2D eigenvalue weighted by molar-refractivity contribution is 5.94. The van der Waals surface area contributed by atoms with Crippen molar-refractivity contribution in [2.45, 2.75) is 51.6 Å². The molecular formula is C24H32N6O2. The number of benzene rings is 1. The Morgan fingerprint density at radius 2 is 1.94 bits per heavy atom. The third-order valence-corrected chi connectivity index (χ3v) is 6.77. The van der Waals surface area contributed by atoms with E-state index >= 15 is 0 Å². The Morgan fingerprint density at radius 1 is 1.19 bits per heavy atom. The summed E-state index contributed by atoms with van der Waals surface area (Å²) in [6.45, 7) is 10.8. The highest BCUT2D eigenvalue weighted by atomic mass is 16.2. The van der Waals surface area contributed by atoms with E-state index in [-0.39, 0.29) is 17.5 Å². The van der Waals surface area contributed by atoms with E-state index in [1.165, 1.54) is 4.68 Å². The molecule has 3 heterocycles. The second-order valence-electron chi connectivity index (χ2n) is 9.08. The number of nitrogens with zero attached hydrogens (tertiary/aromatic N) is 4. The van der Waals surface area contributed by atoms with Gasteiger partial charge < -0.3 is 16.0 Å². The van der Waals surface area contributed by atoms with Gasteiger partial charge in [-0.15, -0.1) is 5.10 Å². The van der Waals surface area contributed by atoms with E-state index < -0.39 is 0 Å². The Bertz CT molecular complexity index is 1030. The topological polar surface area (TPSA) is 96.5 Å². The Labute approximate surface area is 189 Å². The molecule has 0 aliphatic carbocycles. The number of carbonyl (C=O) groups excluding carboxylic acids is 2. The van der Waals surface area contributed by atoms with Gasteiger partial charge in [0.1, 0.15) is 0 Å².